The van der Waals surface area contributed by atoms with Crippen LogP contribution in [0.1, 0.15) is 29.8 Å². The number of aryl methyl sites for hydroxylation is 2. The van der Waals surface area contributed by atoms with Crippen molar-refractivity contribution in [1.29, 1.82) is 0 Å². The minimum atomic E-state index is 0.358. The van der Waals surface area contributed by atoms with Crippen molar-refractivity contribution in [2.24, 2.45) is 5.73 Å². The summed E-state index contributed by atoms with van der Waals surface area (Å²) in [7, 11) is 1.59. The van der Waals surface area contributed by atoms with Gasteiger partial charge in [-0.2, -0.15) is 9.61 Å². The number of benzene rings is 2. The van der Waals surface area contributed by atoms with Crippen molar-refractivity contribution >= 4 is 34.7 Å². The number of likely N-dealkylation sites (tertiary alicyclic amines) is 1. The summed E-state index contributed by atoms with van der Waals surface area (Å²) in [5, 5.41) is 5.94. The number of halogens is 2. The van der Waals surface area contributed by atoms with Crippen molar-refractivity contribution in [2.45, 2.75) is 39.3 Å². The van der Waals surface area contributed by atoms with Gasteiger partial charge in [-0.3, -0.25) is 4.90 Å². The van der Waals surface area contributed by atoms with E-state index in [0.717, 1.165) is 67.4 Å². The van der Waals surface area contributed by atoms with E-state index in [1.54, 1.807) is 19.2 Å². The van der Waals surface area contributed by atoms with Crippen LogP contribution in [-0.2, 0) is 6.54 Å². The molecule has 0 amide bonds. The first-order valence-electron chi connectivity index (χ1n) is 13.0. The van der Waals surface area contributed by atoms with E-state index in [2.05, 4.69) is 46.2 Å². The zero-order valence-electron chi connectivity index (χ0n) is 22.1. The number of piperidine rings is 1. The van der Waals surface area contributed by atoms with Crippen molar-refractivity contribution in [1.82, 2.24) is 19.5 Å². The maximum Gasteiger partial charge on any atom is 0.165 e. The summed E-state index contributed by atoms with van der Waals surface area (Å²) in [6.07, 6.45) is 2.11. The van der Waals surface area contributed by atoms with Gasteiger partial charge in [-0.1, -0.05) is 53.5 Å². The summed E-state index contributed by atoms with van der Waals surface area (Å²) in [6.45, 7) is 8.32. The van der Waals surface area contributed by atoms with E-state index >= 15 is 0 Å². The van der Waals surface area contributed by atoms with Crippen LogP contribution in [0.2, 0.25) is 10.0 Å². The fraction of sp³-hybridized carbons (Fsp3) is 0.379. The molecule has 0 aliphatic carbocycles. The second-order valence-electron chi connectivity index (χ2n) is 9.89. The number of hydrogen-bond acceptors (Lipinski definition) is 6. The van der Waals surface area contributed by atoms with Crippen molar-refractivity contribution in [3.63, 3.8) is 0 Å². The Morgan fingerprint density at radius 1 is 1.03 bits per heavy atom. The van der Waals surface area contributed by atoms with Gasteiger partial charge >= 0.3 is 0 Å². The Morgan fingerprint density at radius 2 is 1.71 bits per heavy atom. The second kappa shape index (κ2) is 11.5. The Morgan fingerprint density at radius 3 is 2.34 bits per heavy atom. The zero-order valence-corrected chi connectivity index (χ0v) is 23.6. The fourth-order valence-corrected chi connectivity index (χ4v) is 6.14. The van der Waals surface area contributed by atoms with Gasteiger partial charge in [0.1, 0.15) is 11.6 Å². The predicted molar refractivity (Wildman–Crippen MR) is 156 cm³/mol. The van der Waals surface area contributed by atoms with E-state index in [1.165, 1.54) is 5.56 Å². The van der Waals surface area contributed by atoms with Crippen LogP contribution in [0.3, 0.4) is 0 Å². The Labute approximate surface area is 234 Å². The van der Waals surface area contributed by atoms with E-state index < -0.39 is 0 Å². The van der Waals surface area contributed by atoms with Crippen molar-refractivity contribution < 1.29 is 4.74 Å². The smallest absolute Gasteiger partial charge is 0.165 e. The molecule has 1 fully saturated rings. The molecule has 1 saturated heterocycles. The highest BCUT2D eigenvalue weighted by molar-refractivity contribution is 6.39. The standard InChI is InChI=1S/C29H34Cl2N6O/c1-19-15-26(36(14-11-32)22-9-12-35(13-10-22)18-21-7-5-4-6-8-21)37-29(33-19)27(20(2)34-37)28-24(30)16-23(38-3)17-25(28)31/h4-8,15-17,22H,9-14,18,32H2,1-3H3. The lowest BCUT2D eigenvalue weighted by Gasteiger charge is -2.39. The van der Waals surface area contributed by atoms with Gasteiger partial charge < -0.3 is 15.4 Å². The largest absolute Gasteiger partial charge is 0.497 e. The molecule has 5 rings (SSSR count). The topological polar surface area (TPSA) is 71.9 Å². The highest BCUT2D eigenvalue weighted by atomic mass is 35.5. The second-order valence-corrected chi connectivity index (χ2v) is 10.7. The highest BCUT2D eigenvalue weighted by Crippen LogP contribution is 2.42. The maximum absolute atomic E-state index is 6.70. The summed E-state index contributed by atoms with van der Waals surface area (Å²) in [5.74, 6) is 1.60. The van der Waals surface area contributed by atoms with Gasteiger partial charge in [-0.15, -0.1) is 0 Å². The molecule has 38 heavy (non-hydrogen) atoms. The molecule has 0 unspecified atom stereocenters. The Hall–Kier alpha value is -2.84. The van der Waals surface area contributed by atoms with Gasteiger partial charge in [0.25, 0.3) is 0 Å². The maximum atomic E-state index is 6.70. The van der Waals surface area contributed by atoms with Crippen molar-refractivity contribution in [3.05, 3.63) is 75.5 Å². The van der Waals surface area contributed by atoms with E-state index in [1.807, 2.05) is 18.4 Å². The highest BCUT2D eigenvalue weighted by Gasteiger charge is 2.28. The molecule has 3 heterocycles. The third-order valence-corrected chi connectivity index (χ3v) is 7.88. The van der Waals surface area contributed by atoms with Gasteiger partial charge in [0.05, 0.1) is 28.4 Å². The van der Waals surface area contributed by atoms with Crippen LogP contribution in [0.25, 0.3) is 16.8 Å². The Kier molecular flexibility index (Phi) is 8.09. The van der Waals surface area contributed by atoms with Gasteiger partial charge in [0.15, 0.2) is 5.65 Å². The van der Waals surface area contributed by atoms with E-state index in [0.29, 0.717) is 33.9 Å². The molecule has 9 heteroatoms. The molecule has 4 aromatic rings. The molecule has 7 nitrogen and oxygen atoms in total. The average molecular weight is 554 g/mol. The molecule has 1 aliphatic heterocycles. The van der Waals surface area contributed by atoms with Crippen LogP contribution in [0.5, 0.6) is 5.75 Å². The first kappa shape index (κ1) is 26.8. The van der Waals surface area contributed by atoms with Gasteiger partial charge in [0, 0.05) is 56.1 Å². The monoisotopic (exact) mass is 552 g/mol. The molecule has 2 aromatic carbocycles. The molecule has 0 bridgehead atoms. The number of rotatable bonds is 8. The summed E-state index contributed by atoms with van der Waals surface area (Å²) in [6, 6.07) is 16.7. The number of anilines is 1. The molecule has 2 N–H and O–H groups in total. The number of aromatic nitrogens is 3. The van der Waals surface area contributed by atoms with E-state index in [-0.39, 0.29) is 0 Å². The number of methoxy groups -OCH3 is 1. The fourth-order valence-electron chi connectivity index (χ4n) is 5.48. The third kappa shape index (κ3) is 5.34. The molecular formula is C29H34Cl2N6O. The van der Waals surface area contributed by atoms with Crippen LogP contribution in [-0.4, -0.2) is 58.8 Å². The summed E-state index contributed by atoms with van der Waals surface area (Å²) in [5.41, 5.74) is 11.5. The van der Waals surface area contributed by atoms with Gasteiger partial charge in [-0.25, -0.2) is 4.98 Å². The van der Waals surface area contributed by atoms with Crippen LogP contribution < -0.4 is 15.4 Å². The number of hydrogen-bond donors (Lipinski definition) is 1. The molecule has 0 spiro atoms. The number of nitrogens with zero attached hydrogens (tertiary/aromatic N) is 5. The molecular weight excluding hydrogens is 519 g/mol. The molecule has 200 valence electrons. The zero-order chi connectivity index (χ0) is 26.8. The molecule has 0 atom stereocenters. The van der Waals surface area contributed by atoms with Crippen LogP contribution in [0, 0.1) is 13.8 Å². The Balaban J connectivity index is 1.49. The summed E-state index contributed by atoms with van der Waals surface area (Å²) >= 11 is 13.4. The Bertz CT molecular complexity index is 1390. The molecule has 0 radical (unpaired) electrons. The number of ether oxygens (including phenoxy) is 1. The summed E-state index contributed by atoms with van der Waals surface area (Å²) in [4.78, 5) is 9.83. The lowest BCUT2D eigenvalue weighted by Crippen LogP contribution is -2.47. The quantitative estimate of drug-likeness (QED) is 0.299. The lowest BCUT2D eigenvalue weighted by atomic mass is 10.0. The normalized spacial score (nSPS) is 14.8. The minimum Gasteiger partial charge on any atom is -0.497 e. The SMILES string of the molecule is COc1cc(Cl)c(-c2c(C)nn3c(N(CCN)C4CCN(Cc5ccccc5)CC4)cc(C)nc23)c(Cl)c1. The predicted octanol–water partition coefficient (Wildman–Crippen LogP) is 5.76. The minimum absolute atomic E-state index is 0.358. The number of nitrogens with two attached hydrogens (primary N) is 1. The number of fused-ring (bicyclic) bond motifs is 1. The summed E-state index contributed by atoms with van der Waals surface area (Å²) < 4.78 is 7.27. The van der Waals surface area contributed by atoms with Crippen LogP contribution in [0.15, 0.2) is 48.5 Å². The molecule has 1 aliphatic rings. The van der Waals surface area contributed by atoms with E-state index in [9.17, 15) is 0 Å². The third-order valence-electron chi connectivity index (χ3n) is 7.29. The lowest BCUT2D eigenvalue weighted by molar-refractivity contribution is 0.201. The van der Waals surface area contributed by atoms with Gasteiger partial charge in [-0.05, 0) is 44.4 Å². The van der Waals surface area contributed by atoms with Crippen molar-refractivity contribution in [3.8, 4) is 16.9 Å². The average Bonchev–Trinajstić information content (AvgIpc) is 3.23. The van der Waals surface area contributed by atoms with Gasteiger partial charge in [0.2, 0.25) is 0 Å². The first-order chi connectivity index (χ1) is 18.4. The van der Waals surface area contributed by atoms with Crippen LogP contribution in [0.4, 0.5) is 5.82 Å². The molecule has 2 aromatic heterocycles. The molecule has 0 saturated carbocycles. The van der Waals surface area contributed by atoms with E-state index in [4.69, 9.17) is 43.8 Å². The van der Waals surface area contributed by atoms with Crippen molar-refractivity contribution in [2.75, 3.05) is 38.2 Å². The van der Waals surface area contributed by atoms with Crippen LogP contribution >= 0.6 is 23.2 Å². The first-order valence-corrected chi connectivity index (χ1v) is 13.8.